The van der Waals surface area contributed by atoms with Gasteiger partial charge in [-0.05, 0) is 5.56 Å². The van der Waals surface area contributed by atoms with Crippen LogP contribution in [0.4, 0.5) is 0 Å². The second-order valence-corrected chi connectivity index (χ2v) is 6.69. The molecular weight excluding hydrogens is 348 g/mol. The lowest BCUT2D eigenvalue weighted by Gasteiger charge is -2.44. The summed E-state index contributed by atoms with van der Waals surface area (Å²) in [5.74, 6) is -1.12. The zero-order valence-corrected chi connectivity index (χ0v) is 14.9. The second-order valence-electron chi connectivity index (χ2n) is 6.69. The van der Waals surface area contributed by atoms with Gasteiger partial charge >= 0.3 is 0 Å². The Morgan fingerprint density at radius 3 is 2.37 bits per heavy atom. The number of ketones is 1. The molecule has 0 aromatic heterocycles. The van der Waals surface area contributed by atoms with Gasteiger partial charge in [-0.3, -0.25) is 4.79 Å². The number of aliphatic hydroxyl groups is 1. The smallest absolute Gasteiger partial charge is 0.184 e. The number of aliphatic hydroxyl groups excluding tert-OH is 1. The Bertz CT molecular complexity index is 765. The molecular formula is C21H22O6. The van der Waals surface area contributed by atoms with Crippen molar-refractivity contribution in [2.75, 3.05) is 13.7 Å². The fourth-order valence-corrected chi connectivity index (χ4v) is 3.62. The molecule has 4 rings (SSSR count). The SMILES string of the molecule is CO[C@H]1O[C@@H]2CO[C@@H](c3ccccc3)O[C@H]2C(=O)[C@@H]1[C@@H](O)c1ccccc1. The number of ether oxygens (including phenoxy) is 4. The van der Waals surface area contributed by atoms with Crippen molar-refractivity contribution in [2.45, 2.75) is 30.9 Å². The minimum Gasteiger partial charge on any atom is -0.387 e. The monoisotopic (exact) mass is 370 g/mol. The van der Waals surface area contributed by atoms with Crippen LogP contribution in [0.25, 0.3) is 0 Å². The van der Waals surface area contributed by atoms with Crippen LogP contribution in [0.2, 0.25) is 0 Å². The zero-order valence-electron chi connectivity index (χ0n) is 14.9. The summed E-state index contributed by atoms with van der Waals surface area (Å²) in [6.45, 7) is 0.212. The van der Waals surface area contributed by atoms with Gasteiger partial charge < -0.3 is 24.1 Å². The van der Waals surface area contributed by atoms with E-state index in [2.05, 4.69) is 0 Å². The van der Waals surface area contributed by atoms with Gasteiger partial charge in [-0.2, -0.15) is 0 Å². The van der Waals surface area contributed by atoms with Crippen molar-refractivity contribution in [2.24, 2.45) is 5.92 Å². The van der Waals surface area contributed by atoms with E-state index in [-0.39, 0.29) is 12.4 Å². The lowest BCUT2D eigenvalue weighted by Crippen LogP contribution is -2.58. The normalized spacial score (nSPS) is 31.9. The van der Waals surface area contributed by atoms with Crippen LogP contribution in [-0.2, 0) is 23.7 Å². The van der Waals surface area contributed by atoms with Gasteiger partial charge in [0.2, 0.25) is 0 Å². The highest BCUT2D eigenvalue weighted by molar-refractivity contribution is 5.88. The summed E-state index contributed by atoms with van der Waals surface area (Å²) in [5, 5.41) is 10.8. The molecule has 6 nitrogen and oxygen atoms in total. The van der Waals surface area contributed by atoms with Crippen LogP contribution in [0.15, 0.2) is 60.7 Å². The Morgan fingerprint density at radius 1 is 1.04 bits per heavy atom. The summed E-state index contributed by atoms with van der Waals surface area (Å²) >= 11 is 0. The first-order chi connectivity index (χ1) is 13.2. The molecule has 2 aromatic rings. The predicted molar refractivity (Wildman–Crippen MR) is 95.6 cm³/mol. The number of carbonyl (C=O) groups is 1. The number of Topliss-reactive ketones (excluding diaryl/α,β-unsaturated/α-hetero) is 1. The summed E-state index contributed by atoms with van der Waals surface area (Å²) < 4.78 is 22.9. The number of rotatable bonds is 4. The summed E-state index contributed by atoms with van der Waals surface area (Å²) in [4.78, 5) is 13.2. The quantitative estimate of drug-likeness (QED) is 0.891. The third kappa shape index (κ3) is 3.54. The highest BCUT2D eigenvalue weighted by Crippen LogP contribution is 2.38. The van der Waals surface area contributed by atoms with E-state index in [0.717, 1.165) is 5.56 Å². The molecule has 142 valence electrons. The Morgan fingerprint density at radius 2 is 1.70 bits per heavy atom. The largest absolute Gasteiger partial charge is 0.387 e. The maximum Gasteiger partial charge on any atom is 0.184 e. The number of benzene rings is 2. The molecule has 0 unspecified atom stereocenters. The molecule has 2 aliphatic heterocycles. The van der Waals surface area contributed by atoms with E-state index in [9.17, 15) is 9.90 Å². The average molecular weight is 370 g/mol. The van der Waals surface area contributed by atoms with Gasteiger partial charge in [0.1, 0.15) is 18.1 Å². The minimum atomic E-state index is -1.05. The zero-order chi connectivity index (χ0) is 18.8. The molecule has 0 radical (unpaired) electrons. The molecule has 1 N–H and O–H groups in total. The molecule has 0 aliphatic carbocycles. The molecule has 2 aromatic carbocycles. The van der Waals surface area contributed by atoms with Gasteiger partial charge in [0.15, 0.2) is 18.4 Å². The molecule has 0 saturated carbocycles. The topological polar surface area (TPSA) is 74.2 Å². The van der Waals surface area contributed by atoms with Crippen molar-refractivity contribution < 1.29 is 28.8 Å². The van der Waals surface area contributed by atoms with Crippen LogP contribution < -0.4 is 0 Å². The Balaban J connectivity index is 1.58. The third-order valence-electron chi connectivity index (χ3n) is 5.02. The Hall–Kier alpha value is -2.09. The van der Waals surface area contributed by atoms with Crippen molar-refractivity contribution >= 4 is 5.78 Å². The number of carbonyl (C=O) groups excluding carboxylic acids is 1. The first-order valence-corrected chi connectivity index (χ1v) is 8.96. The number of methoxy groups -OCH3 is 1. The molecule has 2 saturated heterocycles. The molecule has 27 heavy (non-hydrogen) atoms. The average Bonchev–Trinajstić information content (AvgIpc) is 2.74. The summed E-state index contributed by atoms with van der Waals surface area (Å²) in [6.07, 6.45) is -3.95. The Kier molecular flexibility index (Phi) is 5.33. The van der Waals surface area contributed by atoms with E-state index in [0.29, 0.717) is 5.56 Å². The molecule has 2 fully saturated rings. The van der Waals surface area contributed by atoms with E-state index < -0.39 is 36.8 Å². The molecule has 0 spiro atoms. The number of hydrogen-bond acceptors (Lipinski definition) is 6. The van der Waals surface area contributed by atoms with Crippen LogP contribution in [0, 0.1) is 5.92 Å². The summed E-state index contributed by atoms with van der Waals surface area (Å²) in [6, 6.07) is 18.5. The second kappa shape index (κ2) is 7.88. The highest BCUT2D eigenvalue weighted by Gasteiger charge is 2.51. The van der Waals surface area contributed by atoms with E-state index in [1.807, 2.05) is 48.5 Å². The van der Waals surface area contributed by atoms with E-state index in [1.54, 1.807) is 12.1 Å². The lowest BCUT2D eigenvalue weighted by atomic mass is 9.85. The van der Waals surface area contributed by atoms with Crippen LogP contribution >= 0.6 is 0 Å². The van der Waals surface area contributed by atoms with Gasteiger partial charge in [-0.1, -0.05) is 60.7 Å². The fraction of sp³-hybridized carbons (Fsp3) is 0.381. The predicted octanol–water partition coefficient (Wildman–Crippen LogP) is 2.39. The number of hydrogen-bond donors (Lipinski definition) is 1. The van der Waals surface area contributed by atoms with Gasteiger partial charge in [-0.15, -0.1) is 0 Å². The first-order valence-electron chi connectivity index (χ1n) is 8.96. The van der Waals surface area contributed by atoms with Crippen molar-refractivity contribution in [3.8, 4) is 0 Å². The lowest BCUT2D eigenvalue weighted by molar-refractivity contribution is -0.313. The molecule has 6 heteroatoms. The maximum absolute atomic E-state index is 13.2. The van der Waals surface area contributed by atoms with Crippen molar-refractivity contribution in [1.82, 2.24) is 0 Å². The maximum atomic E-state index is 13.2. The van der Waals surface area contributed by atoms with Gasteiger partial charge in [0.25, 0.3) is 0 Å². The van der Waals surface area contributed by atoms with Crippen LogP contribution in [0.5, 0.6) is 0 Å². The fourth-order valence-electron chi connectivity index (χ4n) is 3.62. The van der Waals surface area contributed by atoms with E-state index >= 15 is 0 Å². The summed E-state index contributed by atoms with van der Waals surface area (Å²) in [7, 11) is 1.46. The minimum absolute atomic E-state index is 0.212. The standard InChI is InChI=1S/C21H22O6/c1-24-21-16(17(22)13-8-4-2-5-9-13)18(23)19-15(26-21)12-25-20(27-19)14-10-6-3-7-11-14/h2-11,15-17,19-22H,12H2,1H3/t15-,16+,17+,19-,20-,21+/m1/s1. The van der Waals surface area contributed by atoms with Crippen molar-refractivity contribution in [3.05, 3.63) is 71.8 Å². The van der Waals surface area contributed by atoms with Crippen LogP contribution in [-0.4, -0.2) is 43.1 Å². The molecule has 6 atom stereocenters. The first kappa shape index (κ1) is 18.3. The highest BCUT2D eigenvalue weighted by atomic mass is 16.7. The molecule has 2 aliphatic rings. The van der Waals surface area contributed by atoms with Gasteiger partial charge in [0.05, 0.1) is 12.7 Å². The van der Waals surface area contributed by atoms with E-state index in [1.165, 1.54) is 7.11 Å². The third-order valence-corrected chi connectivity index (χ3v) is 5.02. The van der Waals surface area contributed by atoms with Crippen molar-refractivity contribution in [1.29, 1.82) is 0 Å². The molecule has 0 bridgehead atoms. The van der Waals surface area contributed by atoms with Crippen LogP contribution in [0.1, 0.15) is 23.5 Å². The van der Waals surface area contributed by atoms with E-state index in [4.69, 9.17) is 18.9 Å². The Labute approximate surface area is 157 Å². The van der Waals surface area contributed by atoms with Gasteiger partial charge in [-0.25, -0.2) is 0 Å². The molecule has 2 heterocycles. The molecule has 0 amide bonds. The van der Waals surface area contributed by atoms with Gasteiger partial charge in [0, 0.05) is 12.7 Å². The number of fused-ring (bicyclic) bond motifs is 1. The van der Waals surface area contributed by atoms with Crippen LogP contribution in [0.3, 0.4) is 0 Å². The summed E-state index contributed by atoms with van der Waals surface area (Å²) in [5.41, 5.74) is 1.46. The van der Waals surface area contributed by atoms with Crippen molar-refractivity contribution in [3.63, 3.8) is 0 Å².